The van der Waals surface area contributed by atoms with Crippen molar-refractivity contribution >= 4 is 40.5 Å². The first-order valence-electron chi connectivity index (χ1n) is 9.31. The quantitative estimate of drug-likeness (QED) is 0.494. The molecule has 3 aromatic rings. The van der Waals surface area contributed by atoms with E-state index in [2.05, 4.69) is 16.0 Å². The highest BCUT2D eigenvalue weighted by Crippen LogP contribution is 2.17. The molecule has 0 saturated carbocycles. The first kappa shape index (κ1) is 20.4. The van der Waals surface area contributed by atoms with Gasteiger partial charge < -0.3 is 16.0 Å². The van der Waals surface area contributed by atoms with Crippen molar-refractivity contribution in [1.82, 2.24) is 0 Å². The number of anilines is 3. The molecule has 6 heteroatoms. The molecule has 0 heterocycles. The van der Waals surface area contributed by atoms with Crippen molar-refractivity contribution in [3.63, 3.8) is 0 Å². The molecule has 0 aliphatic rings. The zero-order valence-corrected chi connectivity index (χ0v) is 16.6. The molecular weight excluding hydrogens is 386 g/mol. The smallest absolute Gasteiger partial charge is 0.243 e. The Balaban J connectivity index is 1.47. The second-order valence-electron chi connectivity index (χ2n) is 6.53. The average molecular weight is 408 g/mol. The minimum atomic E-state index is -0.190. The zero-order valence-electron chi connectivity index (χ0n) is 15.8. The maximum atomic E-state index is 12.2. The first-order chi connectivity index (χ1) is 14.1. The second-order valence-corrected chi connectivity index (χ2v) is 6.96. The summed E-state index contributed by atoms with van der Waals surface area (Å²) in [5.74, 6) is -0.241. The van der Waals surface area contributed by atoms with Crippen LogP contribution in [0.3, 0.4) is 0 Å². The van der Waals surface area contributed by atoms with Crippen LogP contribution in [0, 0.1) is 0 Å². The number of carbonyl (C=O) groups is 2. The van der Waals surface area contributed by atoms with Crippen LogP contribution in [0.5, 0.6) is 0 Å². The molecule has 5 nitrogen and oxygen atoms in total. The van der Waals surface area contributed by atoms with Gasteiger partial charge >= 0.3 is 0 Å². The Morgan fingerprint density at radius 3 is 2.14 bits per heavy atom. The van der Waals surface area contributed by atoms with E-state index in [-0.39, 0.29) is 18.4 Å². The first-order valence-corrected chi connectivity index (χ1v) is 9.69. The molecule has 0 aliphatic carbocycles. The maximum Gasteiger partial charge on any atom is 0.243 e. The van der Waals surface area contributed by atoms with Crippen LogP contribution in [-0.4, -0.2) is 18.4 Å². The predicted molar refractivity (Wildman–Crippen MR) is 118 cm³/mol. The molecule has 0 aromatic heterocycles. The number of nitrogens with one attached hydrogen (secondary N) is 3. The van der Waals surface area contributed by atoms with Gasteiger partial charge in [-0.25, -0.2) is 0 Å². The van der Waals surface area contributed by atoms with Gasteiger partial charge in [0.15, 0.2) is 0 Å². The summed E-state index contributed by atoms with van der Waals surface area (Å²) in [6, 6.07) is 24.2. The van der Waals surface area contributed by atoms with Crippen LogP contribution in [0.4, 0.5) is 17.1 Å². The van der Waals surface area contributed by atoms with Gasteiger partial charge in [0.25, 0.3) is 0 Å². The number of hydrogen-bond acceptors (Lipinski definition) is 3. The highest BCUT2D eigenvalue weighted by Gasteiger charge is 2.06. The van der Waals surface area contributed by atoms with Gasteiger partial charge in [-0.05, 0) is 48.4 Å². The van der Waals surface area contributed by atoms with Crippen molar-refractivity contribution in [3.05, 3.63) is 89.4 Å². The van der Waals surface area contributed by atoms with Gasteiger partial charge in [-0.3, -0.25) is 9.59 Å². The van der Waals surface area contributed by atoms with Crippen LogP contribution in [0.2, 0.25) is 5.02 Å². The Hall–Kier alpha value is -3.31. The predicted octanol–water partition coefficient (Wildman–Crippen LogP) is 4.96. The molecule has 0 radical (unpaired) electrons. The number of halogens is 1. The van der Waals surface area contributed by atoms with Crippen molar-refractivity contribution in [1.29, 1.82) is 0 Å². The Bertz CT molecular complexity index is 977. The largest absolute Gasteiger partial charge is 0.376 e. The molecular formula is C23H22ClN3O2. The van der Waals surface area contributed by atoms with E-state index in [0.717, 1.165) is 11.3 Å². The molecule has 2 amide bonds. The van der Waals surface area contributed by atoms with E-state index < -0.39 is 0 Å². The zero-order chi connectivity index (χ0) is 20.5. The summed E-state index contributed by atoms with van der Waals surface area (Å²) in [7, 11) is 0. The second kappa shape index (κ2) is 10.3. The third-order valence-electron chi connectivity index (χ3n) is 4.19. The van der Waals surface area contributed by atoms with E-state index in [0.29, 0.717) is 29.2 Å². The summed E-state index contributed by atoms with van der Waals surface area (Å²) in [6.45, 7) is 0.0952. The number of benzene rings is 3. The van der Waals surface area contributed by atoms with Crippen LogP contribution in [0.1, 0.15) is 12.0 Å². The normalized spacial score (nSPS) is 10.2. The fraction of sp³-hybridized carbons (Fsp3) is 0.130. The lowest BCUT2D eigenvalue weighted by Gasteiger charge is -2.10. The van der Waals surface area contributed by atoms with Crippen LogP contribution in [0.15, 0.2) is 78.9 Å². The summed E-state index contributed by atoms with van der Waals surface area (Å²) >= 11 is 5.92. The Kier molecular flexibility index (Phi) is 7.25. The minimum Gasteiger partial charge on any atom is -0.376 e. The monoisotopic (exact) mass is 407 g/mol. The standard InChI is InChI=1S/C23H22ClN3O2/c24-18-8-4-10-20(14-18)27-23(29)16-25-19-9-5-11-21(15-19)26-22(28)13-12-17-6-2-1-3-7-17/h1-11,14-15,25H,12-13,16H2,(H,26,28)(H,27,29). The van der Waals surface area contributed by atoms with Crippen molar-refractivity contribution < 1.29 is 9.59 Å². The number of rotatable bonds is 8. The highest BCUT2D eigenvalue weighted by molar-refractivity contribution is 6.30. The highest BCUT2D eigenvalue weighted by atomic mass is 35.5. The number of hydrogen-bond donors (Lipinski definition) is 3. The van der Waals surface area contributed by atoms with E-state index in [4.69, 9.17) is 11.6 Å². The van der Waals surface area contributed by atoms with Crippen LogP contribution < -0.4 is 16.0 Å². The van der Waals surface area contributed by atoms with Gasteiger partial charge in [0, 0.05) is 28.5 Å². The lowest BCUT2D eigenvalue weighted by atomic mass is 10.1. The van der Waals surface area contributed by atoms with Gasteiger partial charge in [0.05, 0.1) is 6.54 Å². The molecule has 0 saturated heterocycles. The Labute approximate surface area is 175 Å². The van der Waals surface area contributed by atoms with Gasteiger partial charge in [-0.15, -0.1) is 0 Å². The van der Waals surface area contributed by atoms with E-state index >= 15 is 0 Å². The van der Waals surface area contributed by atoms with E-state index in [1.165, 1.54) is 0 Å². The molecule has 0 spiro atoms. The fourth-order valence-electron chi connectivity index (χ4n) is 2.79. The maximum absolute atomic E-state index is 12.2. The van der Waals surface area contributed by atoms with Gasteiger partial charge in [-0.1, -0.05) is 54.1 Å². The number of carbonyl (C=O) groups excluding carboxylic acids is 2. The molecule has 3 aromatic carbocycles. The van der Waals surface area contributed by atoms with Crippen LogP contribution >= 0.6 is 11.6 Å². The molecule has 0 fully saturated rings. The van der Waals surface area contributed by atoms with Gasteiger partial charge in [-0.2, -0.15) is 0 Å². The van der Waals surface area contributed by atoms with Crippen LogP contribution in [0.25, 0.3) is 0 Å². The molecule has 3 rings (SSSR count). The van der Waals surface area contributed by atoms with E-state index in [9.17, 15) is 9.59 Å². The van der Waals surface area contributed by atoms with Crippen molar-refractivity contribution in [2.45, 2.75) is 12.8 Å². The summed E-state index contributed by atoms with van der Waals surface area (Å²) < 4.78 is 0. The lowest BCUT2D eigenvalue weighted by molar-refractivity contribution is -0.116. The van der Waals surface area contributed by atoms with Gasteiger partial charge in [0.2, 0.25) is 11.8 Å². The number of aryl methyl sites for hydroxylation is 1. The van der Waals surface area contributed by atoms with Crippen molar-refractivity contribution in [3.8, 4) is 0 Å². The third-order valence-corrected chi connectivity index (χ3v) is 4.43. The molecule has 148 valence electrons. The van der Waals surface area contributed by atoms with E-state index in [1.807, 2.05) is 48.5 Å². The Morgan fingerprint density at radius 1 is 0.724 bits per heavy atom. The minimum absolute atomic E-state index is 0.0512. The molecule has 0 atom stereocenters. The van der Waals surface area contributed by atoms with Gasteiger partial charge in [0.1, 0.15) is 0 Å². The average Bonchev–Trinajstić information content (AvgIpc) is 2.72. The lowest BCUT2D eigenvalue weighted by Crippen LogP contribution is -2.21. The van der Waals surface area contributed by atoms with Crippen molar-refractivity contribution in [2.75, 3.05) is 22.5 Å². The topological polar surface area (TPSA) is 70.2 Å². The van der Waals surface area contributed by atoms with E-state index in [1.54, 1.807) is 30.3 Å². The summed E-state index contributed by atoms with van der Waals surface area (Å²) in [5.41, 5.74) is 3.20. The molecule has 0 aliphatic heterocycles. The Morgan fingerprint density at radius 2 is 1.38 bits per heavy atom. The summed E-state index contributed by atoms with van der Waals surface area (Å²) in [6.07, 6.45) is 1.10. The molecule has 29 heavy (non-hydrogen) atoms. The molecule has 3 N–H and O–H groups in total. The fourth-order valence-corrected chi connectivity index (χ4v) is 2.98. The SMILES string of the molecule is O=C(CCc1ccccc1)Nc1cccc(NCC(=O)Nc2cccc(Cl)c2)c1. The number of amides is 2. The molecule has 0 bridgehead atoms. The summed E-state index contributed by atoms with van der Waals surface area (Å²) in [5, 5.41) is 9.28. The molecule has 0 unspecified atom stereocenters. The van der Waals surface area contributed by atoms with Crippen molar-refractivity contribution in [2.24, 2.45) is 0 Å². The summed E-state index contributed by atoms with van der Waals surface area (Å²) in [4.78, 5) is 24.3. The third kappa shape index (κ3) is 6.97. The van der Waals surface area contributed by atoms with Crippen LogP contribution in [-0.2, 0) is 16.0 Å².